The number of halogens is 3. The molecule has 0 radical (unpaired) electrons. The molecule has 0 spiro atoms. The summed E-state index contributed by atoms with van der Waals surface area (Å²) in [5.41, 5.74) is -2.11. The number of pyridine rings is 2. The Kier molecular flexibility index (Phi) is 6.85. The van der Waals surface area contributed by atoms with E-state index in [0.717, 1.165) is 10.8 Å². The first-order valence-corrected chi connectivity index (χ1v) is 11.5. The van der Waals surface area contributed by atoms with Gasteiger partial charge in [0.25, 0.3) is 5.91 Å². The topological polar surface area (TPSA) is 105 Å². The second-order valence-electron chi connectivity index (χ2n) is 9.10. The van der Waals surface area contributed by atoms with Gasteiger partial charge < -0.3 is 10.4 Å². The summed E-state index contributed by atoms with van der Waals surface area (Å²) < 4.78 is 44.2. The summed E-state index contributed by atoms with van der Waals surface area (Å²) in [4.78, 5) is 44.1. The van der Waals surface area contributed by atoms with Gasteiger partial charge in [-0.1, -0.05) is 20.8 Å². The minimum Gasteiger partial charge on any atom is -0.391 e. The number of anilines is 1. The summed E-state index contributed by atoms with van der Waals surface area (Å²) in [6, 6.07) is 3.33. The second-order valence-corrected chi connectivity index (χ2v) is 9.10. The quantitative estimate of drug-likeness (QED) is 0.539. The zero-order chi connectivity index (χ0) is 26.3. The van der Waals surface area contributed by atoms with Crippen LogP contribution < -0.4 is 15.6 Å². The molecule has 1 aliphatic heterocycles. The molecule has 2 N–H and O–H groups in total. The first-order chi connectivity index (χ1) is 17.0. The molecule has 1 aliphatic rings. The molecule has 11 heteroatoms. The van der Waals surface area contributed by atoms with Crippen molar-refractivity contribution in [1.29, 1.82) is 0 Å². The van der Waals surface area contributed by atoms with Crippen molar-refractivity contribution in [3.63, 3.8) is 0 Å². The molecule has 0 aliphatic carbocycles. The molecule has 8 nitrogen and oxygen atoms in total. The lowest BCUT2D eigenvalue weighted by Crippen LogP contribution is -2.40. The highest BCUT2D eigenvalue weighted by molar-refractivity contribution is 5.99. The van der Waals surface area contributed by atoms with Crippen molar-refractivity contribution < 1.29 is 27.9 Å². The fourth-order valence-electron chi connectivity index (χ4n) is 4.34. The van der Waals surface area contributed by atoms with Gasteiger partial charge in [0, 0.05) is 24.4 Å². The Morgan fingerprint density at radius 1 is 1.19 bits per heavy atom. The number of fused-ring (bicyclic) bond motifs is 1. The van der Waals surface area contributed by atoms with Crippen LogP contribution in [0.25, 0.3) is 16.7 Å². The molecule has 4 rings (SSSR count). The van der Waals surface area contributed by atoms with Gasteiger partial charge in [-0.05, 0) is 24.5 Å². The Morgan fingerprint density at radius 3 is 2.42 bits per heavy atom. The molecule has 1 unspecified atom stereocenters. The number of carbonyl (C=O) groups excluding carboxylic acids is 2. The standard InChI is InChI=1S/C25H25F3N4O4/c1-4-19(12(2)3)29-25(36)16-11-32(22-17(27)7-13(26)8-18(22)28)24-15(23(16)35)5-6-20(30-24)31-10-14(33)9-21(31)34/h5-8,11-12,14,19,33H,4,9-10H2,1-3H3,(H,29,36)/t14-,19?/m0/s1. The summed E-state index contributed by atoms with van der Waals surface area (Å²) in [5, 5.41) is 12.5. The zero-order valence-electron chi connectivity index (χ0n) is 19.9. The van der Waals surface area contributed by atoms with Gasteiger partial charge in [0.1, 0.15) is 22.9 Å². The summed E-state index contributed by atoms with van der Waals surface area (Å²) in [6.45, 7) is 5.63. The van der Waals surface area contributed by atoms with Gasteiger partial charge in [-0.25, -0.2) is 18.2 Å². The number of nitrogens with zero attached hydrogens (tertiary/aromatic N) is 3. The van der Waals surface area contributed by atoms with Crippen molar-refractivity contribution in [2.45, 2.75) is 45.8 Å². The van der Waals surface area contributed by atoms with Crippen LogP contribution in [0.15, 0.2) is 35.3 Å². The molecule has 1 aromatic carbocycles. The molecule has 36 heavy (non-hydrogen) atoms. The Balaban J connectivity index is 1.97. The average molecular weight is 502 g/mol. The van der Waals surface area contributed by atoms with Crippen LogP contribution in [-0.2, 0) is 4.79 Å². The number of hydrogen-bond acceptors (Lipinski definition) is 5. The highest BCUT2D eigenvalue weighted by atomic mass is 19.1. The smallest absolute Gasteiger partial charge is 0.257 e. The van der Waals surface area contributed by atoms with Crippen LogP contribution >= 0.6 is 0 Å². The SMILES string of the molecule is CCC(NC(=O)c1cn(-c2c(F)cc(F)cc2F)c2nc(N3C[C@@H](O)CC3=O)ccc2c1=O)C(C)C. The third-order valence-corrected chi connectivity index (χ3v) is 6.25. The Hall–Kier alpha value is -3.73. The summed E-state index contributed by atoms with van der Waals surface area (Å²) in [7, 11) is 0. The van der Waals surface area contributed by atoms with Crippen LogP contribution in [0.5, 0.6) is 0 Å². The van der Waals surface area contributed by atoms with E-state index < -0.39 is 46.5 Å². The molecular weight excluding hydrogens is 477 g/mol. The fourth-order valence-corrected chi connectivity index (χ4v) is 4.34. The van der Waals surface area contributed by atoms with Gasteiger partial charge >= 0.3 is 0 Å². The van der Waals surface area contributed by atoms with Gasteiger partial charge in [-0.2, -0.15) is 0 Å². The van der Waals surface area contributed by atoms with Crippen LogP contribution in [-0.4, -0.2) is 45.2 Å². The molecule has 1 fully saturated rings. The molecule has 2 amide bonds. The number of amides is 2. The van der Waals surface area contributed by atoms with Crippen molar-refractivity contribution in [3.05, 3.63) is 63.7 Å². The predicted molar refractivity (Wildman–Crippen MR) is 127 cm³/mol. The van der Waals surface area contributed by atoms with Gasteiger partial charge in [-0.3, -0.25) is 23.9 Å². The number of carbonyl (C=O) groups is 2. The molecular formula is C25H25F3N4O4. The Bertz CT molecular complexity index is 1400. The summed E-state index contributed by atoms with van der Waals surface area (Å²) >= 11 is 0. The third kappa shape index (κ3) is 4.58. The lowest BCUT2D eigenvalue weighted by atomic mass is 10.0. The number of nitrogens with one attached hydrogen (secondary N) is 1. The monoisotopic (exact) mass is 502 g/mol. The maximum atomic E-state index is 14.8. The Morgan fingerprint density at radius 2 is 1.86 bits per heavy atom. The van der Waals surface area contributed by atoms with Gasteiger partial charge in [-0.15, -0.1) is 0 Å². The number of benzene rings is 1. The molecule has 2 aromatic heterocycles. The van der Waals surface area contributed by atoms with E-state index in [-0.39, 0.29) is 47.3 Å². The second kappa shape index (κ2) is 9.73. The normalized spacial score (nSPS) is 16.7. The van der Waals surface area contributed by atoms with Gasteiger partial charge in [0.2, 0.25) is 11.3 Å². The lowest BCUT2D eigenvalue weighted by molar-refractivity contribution is -0.117. The number of aromatic nitrogens is 2. The molecule has 190 valence electrons. The highest BCUT2D eigenvalue weighted by Crippen LogP contribution is 2.26. The van der Waals surface area contributed by atoms with Crippen molar-refractivity contribution in [2.24, 2.45) is 5.92 Å². The molecule has 0 saturated carbocycles. The summed E-state index contributed by atoms with van der Waals surface area (Å²) in [5.74, 6) is -4.76. The Labute approximate surface area is 204 Å². The van der Waals surface area contributed by atoms with Crippen molar-refractivity contribution in [2.75, 3.05) is 11.4 Å². The van der Waals surface area contributed by atoms with Crippen LogP contribution in [0.1, 0.15) is 44.0 Å². The lowest BCUT2D eigenvalue weighted by Gasteiger charge is -2.21. The van der Waals surface area contributed by atoms with Crippen LogP contribution in [0.4, 0.5) is 19.0 Å². The minimum absolute atomic E-state index is 0.0446. The first-order valence-electron chi connectivity index (χ1n) is 11.5. The van der Waals surface area contributed by atoms with E-state index in [4.69, 9.17) is 0 Å². The van der Waals surface area contributed by atoms with E-state index in [9.17, 15) is 32.7 Å². The molecule has 3 heterocycles. The average Bonchev–Trinajstić information content (AvgIpc) is 3.15. The minimum atomic E-state index is -1.28. The van der Waals surface area contributed by atoms with E-state index >= 15 is 0 Å². The number of β-amino-alcohol motifs (C(OH)–C–C–N with tert-alkyl or cyclic N) is 1. The molecule has 3 aromatic rings. The van der Waals surface area contributed by atoms with Gasteiger partial charge in [0.15, 0.2) is 17.3 Å². The van der Waals surface area contributed by atoms with Crippen molar-refractivity contribution in [3.8, 4) is 5.69 Å². The molecule has 0 bridgehead atoms. The van der Waals surface area contributed by atoms with Crippen LogP contribution in [0.2, 0.25) is 0 Å². The number of aliphatic hydroxyl groups is 1. The van der Waals surface area contributed by atoms with E-state index in [2.05, 4.69) is 10.3 Å². The fraction of sp³-hybridized carbons (Fsp3) is 0.360. The van der Waals surface area contributed by atoms with Crippen LogP contribution in [0, 0.1) is 23.4 Å². The molecule has 2 atom stereocenters. The van der Waals surface area contributed by atoms with E-state index in [1.54, 1.807) is 0 Å². The maximum absolute atomic E-state index is 14.8. The van der Waals surface area contributed by atoms with Crippen LogP contribution in [0.3, 0.4) is 0 Å². The zero-order valence-corrected chi connectivity index (χ0v) is 19.9. The van der Waals surface area contributed by atoms with E-state index in [0.29, 0.717) is 18.6 Å². The number of rotatable bonds is 6. The van der Waals surface area contributed by atoms with Crippen molar-refractivity contribution in [1.82, 2.24) is 14.9 Å². The highest BCUT2D eigenvalue weighted by Gasteiger charge is 2.31. The van der Waals surface area contributed by atoms with Crippen molar-refractivity contribution >= 4 is 28.7 Å². The van der Waals surface area contributed by atoms with E-state index in [1.807, 2.05) is 20.8 Å². The van der Waals surface area contributed by atoms with Gasteiger partial charge in [0.05, 0.1) is 24.5 Å². The molecule has 1 saturated heterocycles. The largest absolute Gasteiger partial charge is 0.391 e. The first kappa shape index (κ1) is 25.4. The summed E-state index contributed by atoms with van der Waals surface area (Å²) in [6.07, 6.45) is 0.515. The third-order valence-electron chi connectivity index (χ3n) is 6.25. The number of aliphatic hydroxyl groups excluding tert-OH is 1. The predicted octanol–water partition coefficient (Wildman–Crippen LogP) is 3.07. The number of hydrogen-bond donors (Lipinski definition) is 2. The van der Waals surface area contributed by atoms with E-state index in [1.165, 1.54) is 17.0 Å². The maximum Gasteiger partial charge on any atom is 0.257 e.